The van der Waals surface area contributed by atoms with Gasteiger partial charge in [-0.05, 0) is 59.1 Å². The van der Waals surface area contributed by atoms with Crippen LogP contribution in [0, 0.1) is 5.92 Å². The fourth-order valence-corrected chi connectivity index (χ4v) is 3.18. The van der Waals surface area contributed by atoms with Crippen LogP contribution in [0.4, 0.5) is 0 Å². The molecule has 0 amide bonds. The molecule has 0 radical (unpaired) electrons. The zero-order valence-corrected chi connectivity index (χ0v) is 14.6. The first-order valence-corrected chi connectivity index (χ1v) is 8.62. The Labute approximate surface area is 139 Å². The fourth-order valence-electron chi connectivity index (χ4n) is 3.18. The molecule has 0 spiro atoms. The van der Waals surface area contributed by atoms with Crippen molar-refractivity contribution in [1.82, 2.24) is 10.3 Å². The summed E-state index contributed by atoms with van der Waals surface area (Å²) in [6.45, 7) is 8.55. The van der Waals surface area contributed by atoms with E-state index in [0.717, 1.165) is 17.8 Å². The van der Waals surface area contributed by atoms with Gasteiger partial charge >= 0.3 is 0 Å². The van der Waals surface area contributed by atoms with Crippen LogP contribution in [0.3, 0.4) is 0 Å². The smallest absolute Gasteiger partial charge is 0.0815 e. The third-order valence-corrected chi connectivity index (χ3v) is 4.38. The van der Waals surface area contributed by atoms with Crippen LogP contribution in [0.1, 0.15) is 58.3 Å². The second-order valence-electron chi connectivity index (χ2n) is 7.66. The van der Waals surface area contributed by atoms with Gasteiger partial charge in [0.15, 0.2) is 0 Å². The summed E-state index contributed by atoms with van der Waals surface area (Å²) in [5, 5.41) is 3.70. The summed E-state index contributed by atoms with van der Waals surface area (Å²) in [6.07, 6.45) is 10.1. The molecule has 3 rings (SSSR count). The Balaban J connectivity index is 1.94. The molecule has 2 atom stereocenters. The Bertz CT molecular complexity index is 662. The largest absolute Gasteiger partial charge is 0.385 e. The molecule has 1 fully saturated rings. The van der Waals surface area contributed by atoms with Crippen LogP contribution in [-0.2, 0) is 0 Å². The van der Waals surface area contributed by atoms with Gasteiger partial charge in [0.1, 0.15) is 0 Å². The van der Waals surface area contributed by atoms with E-state index in [-0.39, 0.29) is 5.54 Å². The number of hydrogen-bond donors (Lipinski definition) is 1. The lowest BCUT2D eigenvalue weighted by molar-refractivity contribution is 0.383. The van der Waals surface area contributed by atoms with Crippen molar-refractivity contribution in [3.63, 3.8) is 0 Å². The van der Waals surface area contributed by atoms with Crippen molar-refractivity contribution in [3.05, 3.63) is 47.4 Å². The SMILES string of the molecule is CC1CCC2CC=CC(c3cccc(C=NC(C)(C)C)n3)=C2N1. The standard InChI is InChI=1S/C20H27N3/c1-14-11-12-15-7-5-9-17(19(15)22-14)18-10-6-8-16(23-18)13-21-20(2,3)4/h5-6,8-10,13-15,22H,7,11-12H2,1-4H3. The van der Waals surface area contributed by atoms with E-state index < -0.39 is 0 Å². The first kappa shape index (κ1) is 16.0. The number of hydrogen-bond acceptors (Lipinski definition) is 3. The maximum Gasteiger partial charge on any atom is 0.0815 e. The van der Waals surface area contributed by atoms with E-state index in [9.17, 15) is 0 Å². The summed E-state index contributed by atoms with van der Waals surface area (Å²) >= 11 is 0. The van der Waals surface area contributed by atoms with Crippen molar-refractivity contribution in [1.29, 1.82) is 0 Å². The highest BCUT2D eigenvalue weighted by molar-refractivity contribution is 5.81. The zero-order chi connectivity index (χ0) is 16.4. The number of rotatable bonds is 2. The molecule has 1 aromatic heterocycles. The number of nitrogens with one attached hydrogen (secondary N) is 1. The van der Waals surface area contributed by atoms with Gasteiger partial charge in [-0.15, -0.1) is 0 Å². The lowest BCUT2D eigenvalue weighted by Gasteiger charge is -2.34. The number of fused-ring (bicyclic) bond motifs is 1. The Hall–Kier alpha value is -1.90. The molecule has 23 heavy (non-hydrogen) atoms. The fraction of sp³-hybridized carbons (Fsp3) is 0.500. The average molecular weight is 309 g/mol. The Morgan fingerprint density at radius 1 is 1.26 bits per heavy atom. The molecule has 2 heterocycles. The van der Waals surface area contributed by atoms with Crippen LogP contribution in [0.2, 0.25) is 0 Å². The van der Waals surface area contributed by atoms with Crippen molar-refractivity contribution >= 4 is 11.8 Å². The van der Waals surface area contributed by atoms with Crippen molar-refractivity contribution in [2.45, 2.75) is 58.5 Å². The molecule has 1 saturated heterocycles. The second kappa shape index (κ2) is 6.31. The molecule has 3 nitrogen and oxygen atoms in total. The molecular weight excluding hydrogens is 282 g/mol. The number of piperidine rings is 1. The molecule has 2 unspecified atom stereocenters. The minimum Gasteiger partial charge on any atom is -0.385 e. The van der Waals surface area contributed by atoms with E-state index in [2.05, 4.69) is 62.3 Å². The minimum absolute atomic E-state index is 0.0736. The Morgan fingerprint density at radius 3 is 2.87 bits per heavy atom. The van der Waals surface area contributed by atoms with Crippen LogP contribution in [0.15, 0.2) is 41.0 Å². The quantitative estimate of drug-likeness (QED) is 0.824. The summed E-state index contributed by atoms with van der Waals surface area (Å²) in [5.41, 5.74) is 4.52. The van der Waals surface area contributed by atoms with E-state index in [4.69, 9.17) is 4.98 Å². The number of aromatic nitrogens is 1. The van der Waals surface area contributed by atoms with E-state index in [0.29, 0.717) is 12.0 Å². The van der Waals surface area contributed by atoms with Gasteiger partial charge in [-0.25, -0.2) is 4.98 Å². The zero-order valence-electron chi connectivity index (χ0n) is 14.6. The minimum atomic E-state index is -0.0736. The highest BCUT2D eigenvalue weighted by Gasteiger charge is 2.26. The van der Waals surface area contributed by atoms with Gasteiger partial charge in [0.2, 0.25) is 0 Å². The predicted molar refractivity (Wildman–Crippen MR) is 97.6 cm³/mol. The summed E-state index contributed by atoms with van der Waals surface area (Å²) in [7, 11) is 0. The van der Waals surface area contributed by atoms with Gasteiger partial charge in [-0.1, -0.05) is 18.2 Å². The maximum absolute atomic E-state index is 4.82. The van der Waals surface area contributed by atoms with Crippen molar-refractivity contribution < 1.29 is 0 Å². The number of pyridine rings is 1. The first-order chi connectivity index (χ1) is 10.9. The molecule has 1 N–H and O–H groups in total. The maximum atomic E-state index is 4.82. The first-order valence-electron chi connectivity index (χ1n) is 8.62. The molecule has 3 heteroatoms. The van der Waals surface area contributed by atoms with E-state index in [1.54, 1.807) is 0 Å². The highest BCUT2D eigenvalue weighted by Crippen LogP contribution is 2.35. The predicted octanol–water partition coefficient (Wildman–Crippen LogP) is 4.36. The summed E-state index contributed by atoms with van der Waals surface area (Å²) in [4.78, 5) is 9.39. The van der Waals surface area contributed by atoms with Crippen LogP contribution < -0.4 is 5.32 Å². The third-order valence-electron chi connectivity index (χ3n) is 4.38. The van der Waals surface area contributed by atoms with E-state index in [1.165, 1.54) is 24.1 Å². The molecule has 2 aliphatic rings. The second-order valence-corrected chi connectivity index (χ2v) is 7.66. The third kappa shape index (κ3) is 3.90. The topological polar surface area (TPSA) is 37.3 Å². The van der Waals surface area contributed by atoms with Crippen molar-refractivity contribution in [3.8, 4) is 0 Å². The van der Waals surface area contributed by atoms with Crippen molar-refractivity contribution in [2.24, 2.45) is 10.9 Å². The molecule has 0 saturated carbocycles. The van der Waals surface area contributed by atoms with Crippen LogP contribution in [0.25, 0.3) is 5.57 Å². The van der Waals surface area contributed by atoms with Crippen LogP contribution in [0.5, 0.6) is 0 Å². The monoisotopic (exact) mass is 309 g/mol. The van der Waals surface area contributed by atoms with Gasteiger partial charge in [0.25, 0.3) is 0 Å². The van der Waals surface area contributed by atoms with Crippen molar-refractivity contribution in [2.75, 3.05) is 0 Å². The van der Waals surface area contributed by atoms with E-state index in [1.807, 2.05) is 12.3 Å². The molecule has 0 bridgehead atoms. The molecule has 1 aliphatic heterocycles. The molecule has 122 valence electrons. The van der Waals surface area contributed by atoms with Crippen LogP contribution in [-0.4, -0.2) is 22.8 Å². The molecule has 0 aromatic carbocycles. The lowest BCUT2D eigenvalue weighted by atomic mass is 9.83. The van der Waals surface area contributed by atoms with Gasteiger partial charge < -0.3 is 5.32 Å². The molecular formula is C20H27N3. The van der Waals surface area contributed by atoms with Gasteiger partial charge in [0, 0.05) is 29.4 Å². The Kier molecular flexibility index (Phi) is 4.38. The number of allylic oxidation sites excluding steroid dienone is 4. The van der Waals surface area contributed by atoms with Gasteiger partial charge in [0.05, 0.1) is 16.9 Å². The van der Waals surface area contributed by atoms with Gasteiger partial charge in [-0.2, -0.15) is 0 Å². The summed E-state index contributed by atoms with van der Waals surface area (Å²) in [6, 6.07) is 6.74. The van der Waals surface area contributed by atoms with E-state index >= 15 is 0 Å². The van der Waals surface area contributed by atoms with Gasteiger partial charge in [-0.3, -0.25) is 4.99 Å². The molecule has 1 aromatic rings. The lowest BCUT2D eigenvalue weighted by Crippen LogP contribution is -2.36. The highest BCUT2D eigenvalue weighted by atomic mass is 14.9. The summed E-state index contributed by atoms with van der Waals surface area (Å²) < 4.78 is 0. The number of aliphatic imine (C=N–C) groups is 1. The van der Waals surface area contributed by atoms with Crippen LogP contribution >= 0.6 is 0 Å². The summed E-state index contributed by atoms with van der Waals surface area (Å²) in [5.74, 6) is 0.625. The Morgan fingerprint density at radius 2 is 2.09 bits per heavy atom. The number of nitrogens with zero attached hydrogens (tertiary/aromatic N) is 2. The normalized spacial score (nSPS) is 24.7. The molecule has 1 aliphatic carbocycles. The average Bonchev–Trinajstić information content (AvgIpc) is 2.52.